The molecule has 0 spiro atoms. The molecule has 4 aromatic rings. The molecule has 0 aliphatic carbocycles. The molecular weight excluding hydrogens is 368 g/mol. The molecule has 4 rings (SSSR count). The number of ether oxygens (including phenoxy) is 1. The lowest BCUT2D eigenvalue weighted by Crippen LogP contribution is -2.13. The first kappa shape index (κ1) is 18.3. The molecule has 8 nitrogen and oxygen atoms in total. The van der Waals surface area contributed by atoms with Crippen LogP contribution in [-0.4, -0.2) is 31.3 Å². The van der Waals surface area contributed by atoms with E-state index in [1.165, 1.54) is 4.80 Å². The average molecular weight is 386 g/mol. The molecule has 0 saturated carbocycles. The van der Waals surface area contributed by atoms with Crippen LogP contribution >= 0.6 is 0 Å². The predicted molar refractivity (Wildman–Crippen MR) is 108 cm³/mol. The Morgan fingerprint density at radius 1 is 1.00 bits per heavy atom. The Balaban J connectivity index is 1.36. The van der Waals surface area contributed by atoms with Gasteiger partial charge in [-0.05, 0) is 34.5 Å². The molecule has 0 bridgehead atoms. The highest BCUT2D eigenvalue weighted by Gasteiger charge is 2.08. The topological polar surface area (TPSA) is 94.8 Å². The summed E-state index contributed by atoms with van der Waals surface area (Å²) in [7, 11) is 1.71. The number of hydrogen-bond acceptors (Lipinski definition) is 6. The van der Waals surface area contributed by atoms with Gasteiger partial charge in [-0.1, -0.05) is 48.5 Å². The Labute approximate surface area is 167 Å². The quantitative estimate of drug-likeness (QED) is 0.562. The first-order valence-corrected chi connectivity index (χ1v) is 8.96. The van der Waals surface area contributed by atoms with Crippen LogP contribution < -0.4 is 5.32 Å². The van der Waals surface area contributed by atoms with Crippen LogP contribution in [0.2, 0.25) is 0 Å². The van der Waals surface area contributed by atoms with Gasteiger partial charge in [-0.3, -0.25) is 10.3 Å². The minimum atomic E-state index is -0.496. The van der Waals surface area contributed by atoms with Gasteiger partial charge in [0.2, 0.25) is 5.82 Å². The minimum Gasteiger partial charge on any atom is -0.444 e. The van der Waals surface area contributed by atoms with Crippen molar-refractivity contribution in [2.75, 3.05) is 5.32 Å². The van der Waals surface area contributed by atoms with Crippen molar-refractivity contribution in [3.05, 3.63) is 78.5 Å². The van der Waals surface area contributed by atoms with Crippen molar-refractivity contribution in [3.63, 3.8) is 0 Å². The van der Waals surface area contributed by atoms with Gasteiger partial charge in [-0.2, -0.15) is 4.80 Å². The van der Waals surface area contributed by atoms with Crippen LogP contribution in [0.5, 0.6) is 0 Å². The van der Waals surface area contributed by atoms with Crippen molar-refractivity contribution >= 4 is 11.8 Å². The van der Waals surface area contributed by atoms with Crippen molar-refractivity contribution in [1.29, 1.82) is 0 Å². The number of pyridine rings is 1. The van der Waals surface area contributed by atoms with Crippen LogP contribution in [0, 0.1) is 0 Å². The van der Waals surface area contributed by atoms with E-state index in [0.29, 0.717) is 17.2 Å². The number of tetrazole rings is 1. The van der Waals surface area contributed by atoms with Crippen LogP contribution in [0.15, 0.2) is 72.9 Å². The smallest absolute Gasteiger partial charge is 0.411 e. The summed E-state index contributed by atoms with van der Waals surface area (Å²) in [4.78, 5) is 17.7. The second kappa shape index (κ2) is 8.30. The monoisotopic (exact) mass is 386 g/mol. The zero-order valence-corrected chi connectivity index (χ0v) is 15.7. The molecule has 0 atom stereocenters. The molecule has 1 amide bonds. The van der Waals surface area contributed by atoms with Crippen LogP contribution in [0.4, 0.5) is 10.5 Å². The van der Waals surface area contributed by atoms with Crippen LogP contribution in [0.3, 0.4) is 0 Å². The van der Waals surface area contributed by atoms with Gasteiger partial charge >= 0.3 is 6.09 Å². The summed E-state index contributed by atoms with van der Waals surface area (Å²) < 4.78 is 5.23. The summed E-state index contributed by atoms with van der Waals surface area (Å²) in [5.74, 6) is 0.479. The number of rotatable bonds is 5. The van der Waals surface area contributed by atoms with E-state index in [9.17, 15) is 4.79 Å². The van der Waals surface area contributed by atoms with Crippen molar-refractivity contribution < 1.29 is 9.53 Å². The van der Waals surface area contributed by atoms with Gasteiger partial charge in [0.15, 0.2) is 0 Å². The van der Waals surface area contributed by atoms with E-state index < -0.39 is 6.09 Å². The summed E-state index contributed by atoms with van der Waals surface area (Å²) in [5.41, 5.74) is 4.15. The number of anilines is 1. The second-order valence-corrected chi connectivity index (χ2v) is 6.30. The number of nitrogens with one attached hydrogen (secondary N) is 1. The predicted octanol–water partition coefficient (Wildman–Crippen LogP) is 3.69. The maximum absolute atomic E-state index is 12.0. The summed E-state index contributed by atoms with van der Waals surface area (Å²) in [6.45, 7) is 0.226. The van der Waals surface area contributed by atoms with E-state index in [0.717, 1.165) is 16.7 Å². The van der Waals surface area contributed by atoms with E-state index in [4.69, 9.17) is 4.74 Å². The van der Waals surface area contributed by atoms with Gasteiger partial charge in [-0.15, -0.1) is 10.2 Å². The van der Waals surface area contributed by atoms with E-state index in [1.807, 2.05) is 66.7 Å². The molecule has 0 aliphatic heterocycles. The van der Waals surface area contributed by atoms with Crippen molar-refractivity contribution in [2.45, 2.75) is 6.61 Å². The van der Waals surface area contributed by atoms with E-state index in [2.05, 4.69) is 25.7 Å². The third-order valence-electron chi connectivity index (χ3n) is 4.18. The highest BCUT2D eigenvalue weighted by atomic mass is 16.5. The van der Waals surface area contributed by atoms with Crippen LogP contribution in [0.1, 0.15) is 5.56 Å². The molecule has 144 valence electrons. The molecule has 1 N–H and O–H groups in total. The number of carbonyl (C=O) groups excluding carboxylic acids is 1. The highest BCUT2D eigenvalue weighted by molar-refractivity contribution is 5.85. The first-order valence-electron chi connectivity index (χ1n) is 8.96. The maximum atomic E-state index is 12.0. The van der Waals surface area contributed by atoms with Gasteiger partial charge in [0.25, 0.3) is 0 Å². The molecular formula is C21H18N6O2. The lowest BCUT2D eigenvalue weighted by molar-refractivity contribution is 0.155. The Morgan fingerprint density at radius 2 is 1.76 bits per heavy atom. The zero-order valence-electron chi connectivity index (χ0n) is 15.7. The molecule has 2 aromatic heterocycles. The van der Waals surface area contributed by atoms with Gasteiger partial charge in [0, 0.05) is 17.4 Å². The van der Waals surface area contributed by atoms with E-state index in [1.54, 1.807) is 13.2 Å². The third kappa shape index (κ3) is 4.62. The minimum absolute atomic E-state index is 0.226. The van der Waals surface area contributed by atoms with E-state index >= 15 is 0 Å². The number of nitrogens with zero attached hydrogens (tertiary/aromatic N) is 5. The Bertz CT molecular complexity index is 1090. The first-order chi connectivity index (χ1) is 14.2. The largest absolute Gasteiger partial charge is 0.444 e. The fourth-order valence-corrected chi connectivity index (χ4v) is 2.71. The lowest BCUT2D eigenvalue weighted by atomic mass is 10.1. The molecule has 2 aromatic carbocycles. The number of amides is 1. The normalized spacial score (nSPS) is 10.5. The zero-order chi connectivity index (χ0) is 20.1. The lowest BCUT2D eigenvalue weighted by Gasteiger charge is -2.08. The van der Waals surface area contributed by atoms with Gasteiger partial charge in [0.1, 0.15) is 12.3 Å². The maximum Gasteiger partial charge on any atom is 0.411 e. The van der Waals surface area contributed by atoms with Crippen molar-refractivity contribution in [3.8, 4) is 22.6 Å². The summed E-state index contributed by atoms with van der Waals surface area (Å²) in [6.07, 6.45) is 1.26. The molecule has 2 heterocycles. The van der Waals surface area contributed by atoms with Gasteiger partial charge < -0.3 is 4.74 Å². The second-order valence-electron chi connectivity index (χ2n) is 6.30. The summed E-state index contributed by atoms with van der Waals surface area (Å²) in [6, 6.07) is 20.8. The van der Waals surface area contributed by atoms with Crippen molar-refractivity contribution in [2.24, 2.45) is 7.05 Å². The Hall–Kier alpha value is -4.07. The molecule has 29 heavy (non-hydrogen) atoms. The van der Waals surface area contributed by atoms with Gasteiger partial charge in [0.05, 0.1) is 7.05 Å². The molecule has 0 saturated heterocycles. The molecule has 0 radical (unpaired) electrons. The third-order valence-corrected chi connectivity index (χ3v) is 4.18. The fraction of sp³-hybridized carbons (Fsp3) is 0.0952. The number of carbonyl (C=O) groups is 1. The molecule has 0 fully saturated rings. The van der Waals surface area contributed by atoms with Crippen LogP contribution in [0.25, 0.3) is 22.6 Å². The van der Waals surface area contributed by atoms with Crippen molar-refractivity contribution in [1.82, 2.24) is 25.2 Å². The molecule has 0 unspecified atom stereocenters. The number of aryl methyl sites for hydroxylation is 1. The van der Waals surface area contributed by atoms with Gasteiger partial charge in [-0.25, -0.2) is 4.79 Å². The molecule has 8 heteroatoms. The Morgan fingerprint density at radius 3 is 2.41 bits per heavy atom. The van der Waals surface area contributed by atoms with Crippen LogP contribution in [-0.2, 0) is 18.4 Å². The molecule has 0 aliphatic rings. The Kier molecular flexibility index (Phi) is 5.24. The standard InChI is InChI=1S/C21H18N6O2/c1-27-25-20(24-26-27)19-12-9-17(13-22-19)16-7-10-18(11-8-16)23-21(28)29-14-15-5-3-2-4-6-15/h2-13H,14H2,1H3,(H,23,28). The average Bonchev–Trinajstić information content (AvgIpc) is 3.20. The summed E-state index contributed by atoms with van der Waals surface area (Å²) >= 11 is 0. The number of aromatic nitrogens is 5. The fourth-order valence-electron chi connectivity index (χ4n) is 2.71. The number of hydrogen-bond donors (Lipinski definition) is 1. The highest BCUT2D eigenvalue weighted by Crippen LogP contribution is 2.22. The van der Waals surface area contributed by atoms with E-state index in [-0.39, 0.29) is 6.61 Å². The summed E-state index contributed by atoms with van der Waals surface area (Å²) in [5, 5.41) is 14.6. The number of benzene rings is 2. The SMILES string of the molecule is Cn1nnc(-c2ccc(-c3ccc(NC(=O)OCc4ccccc4)cc3)cn2)n1.